The number of esters is 1. The summed E-state index contributed by atoms with van der Waals surface area (Å²) in [6.07, 6.45) is -8.19. The molecule has 0 amide bonds. The number of azide groups is 2. The van der Waals surface area contributed by atoms with E-state index in [2.05, 4.69) is 131 Å². The van der Waals surface area contributed by atoms with Gasteiger partial charge in [-0.1, -0.05) is 156 Å². The molecule has 0 saturated carbocycles. The van der Waals surface area contributed by atoms with Gasteiger partial charge in [-0.05, 0) is 63.7 Å². The number of nitrogens with zero attached hydrogens (tertiary/aromatic N) is 6. The predicted octanol–water partition coefficient (Wildman–Crippen LogP) is 12.4. The van der Waals surface area contributed by atoms with E-state index in [1.807, 2.05) is 123 Å². The summed E-state index contributed by atoms with van der Waals surface area (Å²) in [6.45, 7) is 24.1. The summed E-state index contributed by atoms with van der Waals surface area (Å²) in [5, 5.41) is 12.4. The van der Waals surface area contributed by atoms with Gasteiger partial charge in [0.05, 0.1) is 31.0 Å². The van der Waals surface area contributed by atoms with E-state index in [4.69, 9.17) is 51.5 Å². The van der Waals surface area contributed by atoms with Gasteiger partial charge in [-0.3, -0.25) is 0 Å². The molecular formula is C76H97B2N6O13PSi2. The van der Waals surface area contributed by atoms with Crippen molar-refractivity contribution in [2.45, 2.75) is 197 Å². The Hall–Kier alpha value is -6.20. The topological polar surface area (TPSA) is 233 Å². The molecular weight excluding hydrogens is 1310 g/mol. The van der Waals surface area contributed by atoms with E-state index in [-0.39, 0.29) is 88.4 Å². The van der Waals surface area contributed by atoms with Gasteiger partial charge in [-0.2, -0.15) is 0 Å². The minimum absolute atomic E-state index is 0.0129. The van der Waals surface area contributed by atoms with Crippen LogP contribution in [0.3, 0.4) is 0 Å². The van der Waals surface area contributed by atoms with Crippen molar-refractivity contribution < 1.29 is 61.0 Å². The molecule has 5 fully saturated rings. The molecule has 100 heavy (non-hydrogen) atoms. The van der Waals surface area contributed by atoms with Gasteiger partial charge >= 0.3 is 303 Å². The van der Waals surface area contributed by atoms with Gasteiger partial charge in [-0.15, -0.1) is 0 Å². The van der Waals surface area contributed by atoms with Crippen molar-refractivity contribution in [2.24, 2.45) is 39.8 Å². The number of carbonyl (C=O) groups excluding carboxylic acids is 1. The smallest absolute Gasteiger partial charge is 0.0622 e. The van der Waals surface area contributed by atoms with Crippen LogP contribution in [0.15, 0.2) is 192 Å². The van der Waals surface area contributed by atoms with E-state index >= 15 is 0 Å². The summed E-state index contributed by atoms with van der Waals surface area (Å²) >= 11 is 0. The summed E-state index contributed by atoms with van der Waals surface area (Å²) in [7, 11) is -5.54. The van der Waals surface area contributed by atoms with Crippen LogP contribution in [-0.4, -0.2) is 148 Å². The van der Waals surface area contributed by atoms with Crippen molar-refractivity contribution in [3.63, 3.8) is 0 Å². The first kappa shape index (κ1) is 75.0. The van der Waals surface area contributed by atoms with E-state index in [1.165, 1.54) is 0 Å². The Balaban J connectivity index is 0.996. The third-order valence-electron chi connectivity index (χ3n) is 21.6. The van der Waals surface area contributed by atoms with Crippen LogP contribution in [-0.2, 0) is 62.8 Å². The van der Waals surface area contributed by atoms with Crippen LogP contribution < -0.4 is 20.7 Å². The number of benzene rings is 6. The first-order chi connectivity index (χ1) is 48.2. The summed E-state index contributed by atoms with van der Waals surface area (Å²) in [5.41, 5.74) is 21.9. The maximum atomic E-state index is 14.9. The average molecular weight is 1410 g/mol. The fourth-order valence-electron chi connectivity index (χ4n) is 16.1. The number of hydrogen-bond donors (Lipinski definition) is 0. The SMILES string of the molecule is C[C@@H]1C(N=[N+]=[N-])[C@H](OC2C3CCC(O3)[C@@H](C)[C@H]2C)OC(CO[Si](c2ccccc2)(c2ccccc2)C(C)(C)C)[C@H]1O[C@@H]1OC(COCc2ccccc2)[C@@H](O[C@@H]2OC(CO[Si](c3ccccc3)(c3ccccc3)C(C)(C)C)[C@@H](C)[C@H](PBB=O)C2N=[N+]=[N-])[C@H](C)C1OC(=O)c1ccccc1. The number of fused-ring (bicyclic) bond motifs is 2. The first-order valence-electron chi connectivity index (χ1n) is 35.4. The van der Waals surface area contributed by atoms with Crippen LogP contribution in [0.25, 0.3) is 20.9 Å². The van der Waals surface area contributed by atoms with Crippen molar-refractivity contribution in [2.75, 3.05) is 19.8 Å². The molecule has 21 atom stereocenters. The second-order valence-electron chi connectivity index (χ2n) is 29.7. The fraction of sp³-hybridized carbons (Fsp3) is 0.513. The Kier molecular flexibility index (Phi) is 25.1. The standard InChI is InChI=1S/C76H97B2N6O13PSi2/c1-48-49(2)66(60-43-42-59(48)90-60)95-72-64(81-83-79)51(4)67(63(92-72)47-89-100(76(9,10)11,57-38-26-16-27-39-57)58-40-28-17-29-41-58)97-74-69(94-71(85)54-32-20-13-21-33-54)52(5)68(62(93-74)45-87-44-53-30-18-12-19-31-53)96-73-65(82-84-80)70(98-78-77-86)50(3)61(91-73)46-88-99(75(6,7)8,55-34-22-14-23-35-55)56-36-24-15-25-37-56/h12-41,48-52,59-70,72-74,78,98H,42-47H2,1-11H3/t48-,49+,50+,51+,52-,59?,60?,61?,62?,63?,64?,65?,66?,67-,68-,69?,70-,72-,73-,74-/m0/s1. The quantitative estimate of drug-likeness (QED) is 0.0117. The van der Waals surface area contributed by atoms with Gasteiger partial charge in [0, 0.05) is 4.91 Å². The predicted molar refractivity (Wildman–Crippen MR) is 395 cm³/mol. The van der Waals surface area contributed by atoms with Gasteiger partial charge in [0.1, 0.15) is 6.10 Å². The van der Waals surface area contributed by atoms with Crippen molar-refractivity contribution in [3.8, 4) is 0 Å². The molecule has 5 aliphatic rings. The summed E-state index contributed by atoms with van der Waals surface area (Å²) in [6, 6.07) is 58.1. The van der Waals surface area contributed by atoms with Crippen LogP contribution in [0, 0.1) is 29.6 Å². The van der Waals surface area contributed by atoms with Gasteiger partial charge in [0.2, 0.25) is 0 Å². The molecule has 10 unspecified atom stereocenters. The molecule has 5 heterocycles. The number of rotatable bonds is 27. The molecule has 6 aromatic carbocycles. The van der Waals surface area contributed by atoms with Gasteiger partial charge < -0.3 is 18.6 Å². The molecule has 528 valence electrons. The Morgan fingerprint density at radius 3 is 1.46 bits per heavy atom. The molecule has 24 heteroatoms. The third kappa shape index (κ3) is 16.1. The molecule has 0 aromatic heterocycles. The van der Waals surface area contributed by atoms with Crippen LogP contribution >= 0.6 is 8.46 Å². The Bertz CT molecular complexity index is 3630. The molecule has 5 saturated heterocycles. The van der Waals surface area contributed by atoms with E-state index in [0.29, 0.717) is 0 Å². The minimum Gasteiger partial charge on any atom is -0.0622 e. The van der Waals surface area contributed by atoms with Crippen LogP contribution in [0.4, 0.5) is 0 Å². The number of carbonyl (C=O) groups is 1. The van der Waals surface area contributed by atoms with Crippen molar-refractivity contribution in [1.82, 2.24) is 0 Å². The fourth-order valence-corrected chi connectivity index (χ4v) is 26.7. The molecule has 0 spiro atoms. The molecule has 0 N–H and O–H groups in total. The molecule has 19 nitrogen and oxygen atoms in total. The second kappa shape index (κ2) is 33.5. The van der Waals surface area contributed by atoms with E-state index < -0.39 is 113 Å². The first-order valence-corrected chi connectivity index (χ1v) is 40.5. The zero-order chi connectivity index (χ0) is 70.8. The Morgan fingerprint density at radius 2 is 0.940 bits per heavy atom. The second-order valence-corrected chi connectivity index (χ2v) is 39.8. The zero-order valence-corrected chi connectivity index (χ0v) is 62.4. The number of ether oxygens (including phenoxy) is 9. The molecule has 2 bridgehead atoms. The zero-order valence-electron chi connectivity index (χ0n) is 59.4. The Morgan fingerprint density at radius 1 is 0.510 bits per heavy atom. The summed E-state index contributed by atoms with van der Waals surface area (Å²) in [4.78, 5) is 21.8. The number of hydrogen-bond acceptors (Lipinski definition) is 15. The molecule has 6 aromatic rings. The van der Waals surface area contributed by atoms with Gasteiger partial charge in [0.15, 0.2) is 6.29 Å². The van der Waals surface area contributed by atoms with E-state index in [9.17, 15) is 20.6 Å². The molecule has 5 aliphatic heterocycles. The van der Waals surface area contributed by atoms with E-state index in [0.717, 1.165) is 46.2 Å². The third-order valence-corrected chi connectivity index (χ3v) is 33.3. The maximum absolute atomic E-state index is 14.9. The van der Waals surface area contributed by atoms with Crippen LogP contribution in [0.1, 0.15) is 105 Å². The van der Waals surface area contributed by atoms with Crippen molar-refractivity contribution in [1.29, 1.82) is 0 Å². The van der Waals surface area contributed by atoms with Gasteiger partial charge in [0.25, 0.3) is 8.32 Å². The van der Waals surface area contributed by atoms with Crippen molar-refractivity contribution >= 4 is 65.7 Å². The monoisotopic (exact) mass is 1410 g/mol. The average Bonchev–Trinajstić information content (AvgIpc) is 0.915. The van der Waals surface area contributed by atoms with Gasteiger partial charge in [-0.25, -0.2) is 0 Å². The normalized spacial score (nSPS) is 30.9. The molecule has 11 rings (SSSR count). The van der Waals surface area contributed by atoms with Crippen molar-refractivity contribution in [3.05, 3.63) is 214 Å². The summed E-state index contributed by atoms with van der Waals surface area (Å²) < 4.78 is 92.1. The minimum atomic E-state index is -3.30. The van der Waals surface area contributed by atoms with E-state index in [1.54, 1.807) is 24.3 Å². The molecule has 0 aliphatic carbocycles. The van der Waals surface area contributed by atoms with Crippen LogP contribution in [0.2, 0.25) is 10.1 Å². The summed E-state index contributed by atoms with van der Waals surface area (Å²) in [5.74, 6) is -2.11. The molecule has 0 radical (unpaired) electrons. The Labute approximate surface area is 594 Å². The van der Waals surface area contributed by atoms with Crippen LogP contribution in [0.5, 0.6) is 0 Å².